The van der Waals surface area contributed by atoms with Crippen molar-refractivity contribution in [2.24, 2.45) is 5.92 Å². The summed E-state index contributed by atoms with van der Waals surface area (Å²) in [5.41, 5.74) is 0.423. The molecule has 0 aromatic heterocycles. The number of ether oxygens (including phenoxy) is 2. The van der Waals surface area contributed by atoms with Crippen molar-refractivity contribution in [3.63, 3.8) is 0 Å². The number of likely N-dealkylation sites (tertiary alicyclic amines) is 1. The molecule has 1 aromatic rings. The molecule has 1 saturated heterocycles. The maximum Gasteiger partial charge on any atom is 0.306 e. The van der Waals surface area contributed by atoms with E-state index in [4.69, 9.17) is 14.6 Å². The minimum Gasteiger partial charge on any atom is -0.493 e. The number of anilines is 1. The molecule has 0 aliphatic carbocycles. The van der Waals surface area contributed by atoms with Crippen LogP contribution in [0.5, 0.6) is 11.5 Å². The number of methoxy groups -OCH3 is 2. The normalized spacial score (nSPS) is 15.1. The van der Waals surface area contributed by atoms with Gasteiger partial charge in [0.2, 0.25) is 0 Å². The number of rotatable bonds is 6. The molecular formula is C18H21N3O5. The van der Waals surface area contributed by atoms with Gasteiger partial charge in [-0.25, -0.2) is 0 Å². The van der Waals surface area contributed by atoms with Gasteiger partial charge in [0.15, 0.2) is 11.5 Å². The number of carbonyl (C=O) groups is 2. The number of nitrogens with one attached hydrogen (secondary N) is 1. The Morgan fingerprint density at radius 3 is 2.46 bits per heavy atom. The molecule has 138 valence electrons. The van der Waals surface area contributed by atoms with Gasteiger partial charge in [-0.15, -0.1) is 0 Å². The molecule has 8 nitrogen and oxygen atoms in total. The first-order valence-electron chi connectivity index (χ1n) is 8.10. The van der Waals surface area contributed by atoms with E-state index in [2.05, 4.69) is 5.32 Å². The summed E-state index contributed by atoms with van der Waals surface area (Å²) in [6, 6.07) is 6.79. The van der Waals surface area contributed by atoms with Gasteiger partial charge in [-0.2, -0.15) is 5.26 Å². The number of carboxylic acids is 1. The first-order chi connectivity index (χ1) is 12.5. The van der Waals surface area contributed by atoms with Crippen LogP contribution in [-0.4, -0.2) is 49.2 Å². The third-order valence-corrected chi connectivity index (χ3v) is 4.20. The van der Waals surface area contributed by atoms with Crippen LogP contribution in [0.15, 0.2) is 30.0 Å². The molecule has 1 fully saturated rings. The molecule has 0 saturated carbocycles. The van der Waals surface area contributed by atoms with Crippen LogP contribution in [0.25, 0.3) is 0 Å². The van der Waals surface area contributed by atoms with Crippen molar-refractivity contribution in [2.45, 2.75) is 12.8 Å². The van der Waals surface area contributed by atoms with Crippen LogP contribution in [0.4, 0.5) is 5.69 Å². The predicted octanol–water partition coefficient (Wildman–Crippen LogP) is 1.85. The van der Waals surface area contributed by atoms with Crippen molar-refractivity contribution >= 4 is 17.6 Å². The summed E-state index contributed by atoms with van der Waals surface area (Å²) in [7, 11) is 3.00. The van der Waals surface area contributed by atoms with Crippen molar-refractivity contribution in [3.05, 3.63) is 30.0 Å². The SMILES string of the molecule is COc1ccc(NC(=O)/C(C#N)=C\N2CCC(C(=O)O)CC2)cc1OC. The molecule has 0 bridgehead atoms. The van der Waals surface area contributed by atoms with Crippen LogP contribution in [0.2, 0.25) is 0 Å². The van der Waals surface area contributed by atoms with Crippen LogP contribution in [0, 0.1) is 17.2 Å². The Balaban J connectivity index is 2.05. The highest BCUT2D eigenvalue weighted by Gasteiger charge is 2.24. The molecule has 1 amide bonds. The van der Waals surface area contributed by atoms with E-state index in [-0.39, 0.29) is 11.5 Å². The minimum absolute atomic E-state index is 0.0476. The standard InChI is InChI=1S/C18H21N3O5/c1-25-15-4-3-14(9-16(15)26-2)20-17(22)13(10-19)11-21-7-5-12(6-8-21)18(23)24/h3-4,9,11-12H,5-8H2,1-2H3,(H,20,22)(H,23,24)/b13-11-. The fourth-order valence-electron chi connectivity index (χ4n) is 2.71. The third kappa shape index (κ3) is 4.66. The Bertz CT molecular complexity index is 746. The van der Waals surface area contributed by atoms with Gasteiger partial charge in [-0.3, -0.25) is 9.59 Å². The number of hydrogen-bond donors (Lipinski definition) is 2. The molecule has 1 aromatic carbocycles. The van der Waals surface area contributed by atoms with E-state index in [0.717, 1.165) is 0 Å². The average Bonchev–Trinajstić information content (AvgIpc) is 2.66. The maximum absolute atomic E-state index is 12.3. The van der Waals surface area contributed by atoms with Gasteiger partial charge < -0.3 is 24.8 Å². The van der Waals surface area contributed by atoms with Gasteiger partial charge in [-0.05, 0) is 25.0 Å². The van der Waals surface area contributed by atoms with Gasteiger partial charge in [0.25, 0.3) is 5.91 Å². The highest BCUT2D eigenvalue weighted by Crippen LogP contribution is 2.29. The molecule has 1 aliphatic heterocycles. The Kier molecular flexibility index (Phi) is 6.44. The Hall–Kier alpha value is -3.21. The summed E-state index contributed by atoms with van der Waals surface area (Å²) < 4.78 is 10.3. The second kappa shape index (κ2) is 8.76. The van der Waals surface area contributed by atoms with E-state index in [1.54, 1.807) is 23.1 Å². The van der Waals surface area contributed by atoms with E-state index in [1.807, 2.05) is 6.07 Å². The van der Waals surface area contributed by atoms with Gasteiger partial charge in [-0.1, -0.05) is 0 Å². The van der Waals surface area contributed by atoms with Crippen LogP contribution in [0.1, 0.15) is 12.8 Å². The number of carboxylic acid groups (broad SMARTS) is 1. The molecule has 8 heteroatoms. The second-order valence-electron chi connectivity index (χ2n) is 5.83. The molecular weight excluding hydrogens is 338 g/mol. The Morgan fingerprint density at radius 2 is 1.92 bits per heavy atom. The van der Waals surface area contributed by atoms with Crippen molar-refractivity contribution in [1.82, 2.24) is 4.90 Å². The average molecular weight is 359 g/mol. The fraction of sp³-hybridized carbons (Fsp3) is 0.389. The largest absolute Gasteiger partial charge is 0.493 e. The fourth-order valence-corrected chi connectivity index (χ4v) is 2.71. The van der Waals surface area contributed by atoms with E-state index < -0.39 is 11.9 Å². The van der Waals surface area contributed by atoms with Gasteiger partial charge in [0.05, 0.1) is 20.1 Å². The number of hydrogen-bond acceptors (Lipinski definition) is 6. The minimum atomic E-state index is -0.805. The quantitative estimate of drug-likeness (QED) is 0.589. The first kappa shape index (κ1) is 19.1. The second-order valence-corrected chi connectivity index (χ2v) is 5.83. The zero-order valence-corrected chi connectivity index (χ0v) is 14.7. The van der Waals surface area contributed by atoms with Crippen molar-refractivity contribution in [2.75, 3.05) is 32.6 Å². The van der Waals surface area contributed by atoms with E-state index in [1.165, 1.54) is 20.4 Å². The maximum atomic E-state index is 12.3. The lowest BCUT2D eigenvalue weighted by Gasteiger charge is -2.29. The van der Waals surface area contributed by atoms with Crippen molar-refractivity contribution in [3.8, 4) is 17.6 Å². The molecule has 1 heterocycles. The van der Waals surface area contributed by atoms with E-state index in [9.17, 15) is 14.9 Å². The molecule has 0 radical (unpaired) electrons. The molecule has 2 N–H and O–H groups in total. The number of nitrogens with zero attached hydrogens (tertiary/aromatic N) is 2. The van der Waals surface area contributed by atoms with Gasteiger partial charge in [0.1, 0.15) is 11.6 Å². The first-order valence-corrected chi connectivity index (χ1v) is 8.10. The highest BCUT2D eigenvalue weighted by atomic mass is 16.5. The number of nitriles is 1. The topological polar surface area (TPSA) is 112 Å². The molecule has 0 atom stereocenters. The van der Waals surface area contributed by atoms with Crippen LogP contribution in [-0.2, 0) is 9.59 Å². The van der Waals surface area contributed by atoms with Crippen LogP contribution in [0.3, 0.4) is 0 Å². The lowest BCUT2D eigenvalue weighted by molar-refractivity contribution is -0.143. The molecule has 2 rings (SSSR count). The van der Waals surface area contributed by atoms with Crippen LogP contribution >= 0.6 is 0 Å². The molecule has 0 spiro atoms. The molecule has 1 aliphatic rings. The summed E-state index contributed by atoms with van der Waals surface area (Å²) in [6.45, 7) is 0.984. The third-order valence-electron chi connectivity index (χ3n) is 4.20. The number of piperidine rings is 1. The van der Waals surface area contributed by atoms with Crippen molar-refractivity contribution in [1.29, 1.82) is 5.26 Å². The Labute approximate surface area is 151 Å². The number of benzene rings is 1. The number of aliphatic carboxylic acids is 1. The lowest BCUT2D eigenvalue weighted by Crippen LogP contribution is -2.33. The van der Waals surface area contributed by atoms with E-state index in [0.29, 0.717) is 43.1 Å². The summed E-state index contributed by atoms with van der Waals surface area (Å²) in [5.74, 6) is -0.724. The molecule has 26 heavy (non-hydrogen) atoms. The predicted molar refractivity (Wildman–Crippen MR) is 93.8 cm³/mol. The zero-order chi connectivity index (χ0) is 19.1. The smallest absolute Gasteiger partial charge is 0.306 e. The van der Waals surface area contributed by atoms with E-state index >= 15 is 0 Å². The van der Waals surface area contributed by atoms with Crippen molar-refractivity contribution < 1.29 is 24.2 Å². The zero-order valence-electron chi connectivity index (χ0n) is 14.7. The summed E-state index contributed by atoms with van der Waals surface area (Å²) in [6.07, 6.45) is 2.46. The van der Waals surface area contributed by atoms with Crippen LogP contribution < -0.4 is 14.8 Å². The summed E-state index contributed by atoms with van der Waals surface area (Å²) in [4.78, 5) is 25.1. The molecule has 0 unspecified atom stereocenters. The highest BCUT2D eigenvalue weighted by molar-refractivity contribution is 6.06. The Morgan fingerprint density at radius 1 is 1.27 bits per heavy atom. The van der Waals surface area contributed by atoms with Gasteiger partial charge in [0, 0.05) is 31.0 Å². The monoisotopic (exact) mass is 359 g/mol. The van der Waals surface area contributed by atoms with Gasteiger partial charge >= 0.3 is 5.97 Å². The lowest BCUT2D eigenvalue weighted by atomic mass is 9.97. The summed E-state index contributed by atoms with van der Waals surface area (Å²) in [5, 5.41) is 20.9. The number of carbonyl (C=O) groups excluding carboxylic acids is 1. The summed E-state index contributed by atoms with van der Waals surface area (Å²) >= 11 is 0. The number of amides is 1.